The number of allylic oxidation sites excluding steroid dienone is 1. The van der Waals surface area contributed by atoms with Crippen molar-refractivity contribution in [3.63, 3.8) is 0 Å². The second-order valence-electron chi connectivity index (χ2n) is 13.1. The smallest absolute Gasteiger partial charge is 0.306 e. The van der Waals surface area contributed by atoms with Crippen molar-refractivity contribution in [2.24, 2.45) is 16.6 Å². The summed E-state index contributed by atoms with van der Waals surface area (Å²) in [6.45, 7) is 6.18. The number of hydrogen-bond acceptors (Lipinski definition) is 7. The molecule has 9 nitrogen and oxygen atoms in total. The first-order valence-electron chi connectivity index (χ1n) is 17.8. The second-order valence-corrected chi connectivity index (χ2v) is 13.1. The molecule has 9 heteroatoms. The van der Waals surface area contributed by atoms with Crippen molar-refractivity contribution < 1.29 is 25.3 Å². The summed E-state index contributed by atoms with van der Waals surface area (Å²) in [5, 5.41) is 2.40. The molecule has 49 heavy (non-hydrogen) atoms. The fourth-order valence-corrected chi connectivity index (χ4v) is 6.12. The maximum Gasteiger partial charge on any atom is 0.306 e. The minimum absolute atomic E-state index is 0. The molecule has 0 saturated heterocycles. The van der Waals surface area contributed by atoms with Gasteiger partial charge in [0, 0.05) is 57.6 Å². The van der Waals surface area contributed by atoms with Gasteiger partial charge in [0.2, 0.25) is 11.8 Å². The number of nitrogens with zero attached hydrogens (tertiary/aromatic N) is 2. The van der Waals surface area contributed by atoms with Gasteiger partial charge in [-0.1, -0.05) is 62.8 Å². The monoisotopic (exact) mass is 678 g/mol. The zero-order valence-electron chi connectivity index (χ0n) is 30.9. The largest absolute Gasteiger partial charge is 0.496 e. The normalized spacial score (nSPS) is 15.4. The molecule has 2 saturated carbocycles. The van der Waals surface area contributed by atoms with E-state index in [1.54, 1.807) is 24.4 Å². The van der Waals surface area contributed by atoms with E-state index in [2.05, 4.69) is 40.2 Å². The van der Waals surface area contributed by atoms with E-state index in [0.29, 0.717) is 0 Å². The van der Waals surface area contributed by atoms with E-state index < -0.39 is 0 Å². The Bertz CT molecular complexity index is 1370. The molecule has 0 atom stereocenters. The highest BCUT2D eigenvalue weighted by atomic mass is 16.5. The van der Waals surface area contributed by atoms with Crippen LogP contribution in [0.4, 0.5) is 5.69 Å². The first-order valence-corrected chi connectivity index (χ1v) is 17.8. The first kappa shape index (κ1) is 41.0. The number of carbonyl (C=O) groups is 3. The molecule has 0 spiro atoms. The van der Waals surface area contributed by atoms with Gasteiger partial charge in [0.05, 0.1) is 20.6 Å². The Kier molecular flexibility index (Phi) is 18.8. The lowest BCUT2D eigenvalue weighted by Crippen LogP contribution is -2.33. The Labute approximate surface area is 296 Å². The summed E-state index contributed by atoms with van der Waals surface area (Å²) in [4.78, 5) is 39.9. The number of rotatable bonds is 10. The molecule has 2 fully saturated rings. The van der Waals surface area contributed by atoms with Crippen molar-refractivity contribution in [2.45, 2.75) is 110 Å². The van der Waals surface area contributed by atoms with E-state index >= 15 is 0 Å². The van der Waals surface area contributed by atoms with Crippen LogP contribution in [0.3, 0.4) is 0 Å². The summed E-state index contributed by atoms with van der Waals surface area (Å²) in [7, 11) is 6.43. The minimum atomic E-state index is -0.358. The van der Waals surface area contributed by atoms with E-state index in [-0.39, 0.29) is 44.0 Å². The molecule has 0 aromatic heterocycles. The van der Waals surface area contributed by atoms with Crippen LogP contribution in [0.25, 0.3) is 5.57 Å². The van der Waals surface area contributed by atoms with Crippen LogP contribution < -0.4 is 20.7 Å². The number of amides is 2. The average molecular weight is 679 g/mol. The molecule has 272 valence electrons. The third-order valence-corrected chi connectivity index (χ3v) is 9.10. The molecule has 0 unspecified atom stereocenters. The van der Waals surface area contributed by atoms with Crippen molar-refractivity contribution in [1.29, 1.82) is 0 Å². The quantitative estimate of drug-likeness (QED) is 0.194. The first-order chi connectivity index (χ1) is 23.5. The molecular formula is C40H62N4O5. The molecule has 2 amide bonds. The van der Waals surface area contributed by atoms with Crippen molar-refractivity contribution in [2.75, 3.05) is 33.2 Å². The molecule has 2 aromatic rings. The zero-order chi connectivity index (χ0) is 36.2. The van der Waals surface area contributed by atoms with Crippen molar-refractivity contribution in [3.8, 4) is 5.75 Å². The highest BCUT2D eigenvalue weighted by Gasteiger charge is 2.25. The van der Waals surface area contributed by atoms with Crippen LogP contribution in [-0.4, -0.2) is 58.4 Å². The van der Waals surface area contributed by atoms with E-state index in [9.17, 15) is 14.4 Å². The lowest BCUT2D eigenvalue weighted by atomic mass is 9.83. The number of benzene rings is 2. The van der Waals surface area contributed by atoms with E-state index in [1.807, 2.05) is 45.2 Å². The molecular weight excluding hydrogens is 616 g/mol. The average Bonchev–Trinajstić information content (AvgIpc) is 3.14. The lowest BCUT2D eigenvalue weighted by Gasteiger charge is -2.26. The van der Waals surface area contributed by atoms with Crippen LogP contribution in [-0.2, 0) is 19.1 Å². The summed E-state index contributed by atoms with van der Waals surface area (Å²) in [6.07, 6.45) is 16.3. The van der Waals surface area contributed by atoms with Gasteiger partial charge < -0.3 is 25.4 Å². The maximum absolute atomic E-state index is 12.7. The number of nitrogens with two attached hydrogens (primary N) is 1. The molecule has 2 aliphatic carbocycles. The highest BCUT2D eigenvalue weighted by Crippen LogP contribution is 2.34. The third-order valence-electron chi connectivity index (χ3n) is 9.10. The third kappa shape index (κ3) is 14.5. The van der Waals surface area contributed by atoms with Crippen LogP contribution in [0.2, 0.25) is 0 Å². The predicted octanol–water partition coefficient (Wildman–Crippen LogP) is 7.99. The molecule has 4 rings (SSSR count). The van der Waals surface area contributed by atoms with Gasteiger partial charge in [0.25, 0.3) is 0 Å². The minimum Gasteiger partial charge on any atom is -0.496 e. The summed E-state index contributed by atoms with van der Waals surface area (Å²) in [5.74, 6) is 1.69. The number of nitrogens with one attached hydrogen (secondary N) is 1. The van der Waals surface area contributed by atoms with Crippen LogP contribution in [0.1, 0.15) is 115 Å². The number of methoxy groups -OCH3 is 2. The number of ether oxygens (including phenoxy) is 2. The fraction of sp³-hybridized carbons (Fsp3) is 0.550. The number of anilines is 1. The number of carbonyl (C=O) groups excluding carboxylic acids is 3. The van der Waals surface area contributed by atoms with E-state index in [4.69, 9.17) is 10.5 Å². The van der Waals surface area contributed by atoms with Gasteiger partial charge in [0.15, 0.2) is 0 Å². The van der Waals surface area contributed by atoms with Gasteiger partial charge in [0.1, 0.15) is 5.75 Å². The van der Waals surface area contributed by atoms with Gasteiger partial charge in [-0.05, 0) is 87.3 Å². The van der Waals surface area contributed by atoms with Gasteiger partial charge in [-0.2, -0.15) is 0 Å². The van der Waals surface area contributed by atoms with Crippen molar-refractivity contribution in [3.05, 3.63) is 65.4 Å². The fourth-order valence-electron chi connectivity index (χ4n) is 6.12. The standard InChI is InChI=1S/C20H29N3O.C14H20O.C6H11NO3.H2/c1-15(2)22-14-18(13-21)17-10-7-11-19(12-17)23(3)20(24)16-8-5-4-6-9-16;1-11-10-13(8-9-14(11)15-2)12-6-4-3-5-7-12;1-7-5(8)3-4-6(9)10-2;/h7,10-16H,4-6,8-9,21H2,1-3H3;8-10,12H,3-7H2,1-2H3;3-4H2,1-2H3,(H,7,8);1H/b18-13+,22-14?;;;. The maximum atomic E-state index is 12.7. The second kappa shape index (κ2) is 22.5. The number of aryl methyl sites for hydroxylation is 1. The van der Waals surface area contributed by atoms with E-state index in [1.165, 1.54) is 63.8 Å². The summed E-state index contributed by atoms with van der Waals surface area (Å²) in [6, 6.07) is 14.8. The van der Waals surface area contributed by atoms with Gasteiger partial charge in [-0.15, -0.1) is 0 Å². The van der Waals surface area contributed by atoms with Crippen LogP contribution in [0, 0.1) is 12.8 Å². The van der Waals surface area contributed by atoms with Gasteiger partial charge in [-0.3, -0.25) is 19.4 Å². The van der Waals surface area contributed by atoms with Crippen molar-refractivity contribution >= 4 is 35.3 Å². The molecule has 0 heterocycles. The molecule has 2 aliphatic rings. The molecule has 0 bridgehead atoms. The van der Waals surface area contributed by atoms with Gasteiger partial charge in [-0.25, -0.2) is 0 Å². The Morgan fingerprint density at radius 3 is 2.18 bits per heavy atom. The Hall–Kier alpha value is -4.14. The number of esters is 1. The molecule has 3 N–H and O–H groups in total. The van der Waals surface area contributed by atoms with Crippen LogP contribution in [0.15, 0.2) is 53.7 Å². The Morgan fingerprint density at radius 1 is 0.980 bits per heavy atom. The molecule has 0 radical (unpaired) electrons. The highest BCUT2D eigenvalue weighted by molar-refractivity contribution is 6.10. The molecule has 0 aliphatic heterocycles. The Balaban J connectivity index is 0.000000411. The van der Waals surface area contributed by atoms with Crippen LogP contribution in [0.5, 0.6) is 5.75 Å². The number of aliphatic imine (C=N–C) groups is 1. The van der Waals surface area contributed by atoms with Crippen LogP contribution >= 0.6 is 0 Å². The molecule has 2 aromatic carbocycles. The SMILES string of the molecule is CC(C)N=C/C(=C\N)c1cccc(N(C)C(=O)C2CCCCC2)c1.CNC(=O)CCC(=O)OC.COc1ccc(C2CCCCC2)cc1C.[HH]. The van der Waals surface area contributed by atoms with Crippen molar-refractivity contribution in [1.82, 2.24) is 5.32 Å². The lowest BCUT2D eigenvalue weighted by molar-refractivity contribution is -0.142. The number of hydrogen-bond donors (Lipinski definition) is 2. The van der Waals surface area contributed by atoms with E-state index in [0.717, 1.165) is 54.2 Å². The predicted molar refractivity (Wildman–Crippen MR) is 203 cm³/mol. The Morgan fingerprint density at radius 2 is 1.63 bits per heavy atom. The summed E-state index contributed by atoms with van der Waals surface area (Å²) >= 11 is 0. The summed E-state index contributed by atoms with van der Waals surface area (Å²) in [5.41, 5.74) is 11.3. The zero-order valence-corrected chi connectivity index (χ0v) is 30.9. The topological polar surface area (TPSA) is 123 Å². The van der Waals surface area contributed by atoms with Gasteiger partial charge >= 0.3 is 5.97 Å². The summed E-state index contributed by atoms with van der Waals surface area (Å²) < 4.78 is 9.61.